The summed E-state index contributed by atoms with van der Waals surface area (Å²) in [6.07, 6.45) is 5.35. The molecule has 1 aliphatic carbocycles. The van der Waals surface area contributed by atoms with E-state index in [9.17, 15) is 16.8 Å². The van der Waals surface area contributed by atoms with Gasteiger partial charge in [-0.3, -0.25) is 0 Å². The highest BCUT2D eigenvalue weighted by Gasteiger charge is 2.46. The molecule has 0 amide bonds. The van der Waals surface area contributed by atoms with Crippen LogP contribution in [-0.2, 0) is 19.7 Å². The Morgan fingerprint density at radius 2 is 1.81 bits per heavy atom. The van der Waals surface area contributed by atoms with Crippen molar-refractivity contribution in [2.45, 2.75) is 61.3 Å². The third kappa shape index (κ3) is 4.07. The highest BCUT2D eigenvalue weighted by molar-refractivity contribution is 7.96. The van der Waals surface area contributed by atoms with Crippen LogP contribution in [0.5, 0.6) is 5.75 Å². The Balaban J connectivity index is 1.88. The molecule has 26 heavy (non-hydrogen) atoms. The Morgan fingerprint density at radius 3 is 2.42 bits per heavy atom. The van der Waals surface area contributed by atoms with Crippen molar-refractivity contribution in [3.05, 3.63) is 23.8 Å². The van der Waals surface area contributed by atoms with E-state index < -0.39 is 31.0 Å². The van der Waals surface area contributed by atoms with Gasteiger partial charge in [0, 0.05) is 12.1 Å². The first-order chi connectivity index (χ1) is 12.2. The van der Waals surface area contributed by atoms with E-state index in [1.807, 2.05) is 0 Å². The molecule has 3 rings (SSSR count). The van der Waals surface area contributed by atoms with Crippen LogP contribution in [0.15, 0.2) is 23.1 Å². The van der Waals surface area contributed by atoms with Gasteiger partial charge in [-0.25, -0.2) is 16.8 Å². The van der Waals surface area contributed by atoms with Crippen LogP contribution in [0.1, 0.15) is 37.7 Å². The maximum atomic E-state index is 13.2. The number of hydrogen-bond acceptors (Lipinski definition) is 6. The van der Waals surface area contributed by atoms with E-state index in [-0.39, 0.29) is 22.4 Å². The standard InChI is InChI=1S/C18H27NO5S2/c1-13-10-15(8-9-17(13)24-2)26(22,23)18-12-25(20,21)11-16(18)19-14-6-4-3-5-7-14/h8-10,14,16,18-19H,3-7,11-12H2,1-2H3/t16-,18+/m0/s1. The third-order valence-electron chi connectivity index (χ3n) is 5.45. The minimum atomic E-state index is -3.75. The molecule has 8 heteroatoms. The molecule has 0 radical (unpaired) electrons. The molecule has 0 aromatic heterocycles. The molecule has 2 aliphatic rings. The van der Waals surface area contributed by atoms with Gasteiger partial charge in [0.1, 0.15) is 5.75 Å². The molecular weight excluding hydrogens is 374 g/mol. The lowest BCUT2D eigenvalue weighted by Gasteiger charge is -2.28. The zero-order valence-corrected chi connectivity index (χ0v) is 16.9. The number of rotatable bonds is 5. The summed E-state index contributed by atoms with van der Waals surface area (Å²) in [7, 11) is -5.60. The lowest BCUT2D eigenvalue weighted by Crippen LogP contribution is -2.48. The van der Waals surface area contributed by atoms with Crippen LogP contribution >= 0.6 is 0 Å². The van der Waals surface area contributed by atoms with Crippen molar-refractivity contribution < 1.29 is 21.6 Å². The van der Waals surface area contributed by atoms with Crippen molar-refractivity contribution >= 4 is 19.7 Å². The lowest BCUT2D eigenvalue weighted by molar-refractivity contribution is 0.345. The number of aryl methyl sites for hydroxylation is 1. The Morgan fingerprint density at radius 1 is 1.12 bits per heavy atom. The molecule has 146 valence electrons. The number of nitrogens with one attached hydrogen (secondary N) is 1. The lowest BCUT2D eigenvalue weighted by atomic mass is 9.95. The van der Waals surface area contributed by atoms with Crippen LogP contribution in [0.3, 0.4) is 0 Å². The van der Waals surface area contributed by atoms with Crippen molar-refractivity contribution in [2.24, 2.45) is 0 Å². The molecule has 1 heterocycles. The van der Waals surface area contributed by atoms with Crippen LogP contribution in [0.25, 0.3) is 0 Å². The fourth-order valence-electron chi connectivity index (χ4n) is 4.05. The van der Waals surface area contributed by atoms with Crippen LogP contribution < -0.4 is 10.1 Å². The van der Waals surface area contributed by atoms with Gasteiger partial charge in [0.15, 0.2) is 19.7 Å². The molecule has 1 saturated carbocycles. The molecule has 1 aromatic carbocycles. The monoisotopic (exact) mass is 401 g/mol. The zero-order valence-electron chi connectivity index (χ0n) is 15.3. The summed E-state index contributed by atoms with van der Waals surface area (Å²) in [6.45, 7) is 1.78. The quantitative estimate of drug-likeness (QED) is 0.810. The highest BCUT2D eigenvalue weighted by atomic mass is 32.2. The maximum absolute atomic E-state index is 13.2. The first-order valence-electron chi connectivity index (χ1n) is 9.08. The SMILES string of the molecule is COc1ccc(S(=O)(=O)[C@@H]2CS(=O)(=O)C[C@@H]2NC2CCCCC2)cc1C. The van der Waals surface area contributed by atoms with Gasteiger partial charge >= 0.3 is 0 Å². The normalized spacial score (nSPS) is 26.7. The molecule has 0 bridgehead atoms. The second kappa shape index (κ2) is 7.48. The average Bonchev–Trinajstić information content (AvgIpc) is 2.90. The summed E-state index contributed by atoms with van der Waals surface area (Å²) in [6, 6.07) is 4.35. The van der Waals surface area contributed by atoms with E-state index in [1.54, 1.807) is 19.1 Å². The molecule has 1 N–H and O–H groups in total. The minimum Gasteiger partial charge on any atom is -0.496 e. The van der Waals surface area contributed by atoms with Crippen molar-refractivity contribution in [1.29, 1.82) is 0 Å². The van der Waals surface area contributed by atoms with Crippen LogP contribution in [0.4, 0.5) is 0 Å². The first kappa shape index (κ1) is 19.6. The predicted octanol–water partition coefficient (Wildman–Crippen LogP) is 1.87. The fraction of sp³-hybridized carbons (Fsp3) is 0.667. The van der Waals surface area contributed by atoms with Gasteiger partial charge in [-0.2, -0.15) is 0 Å². The summed E-state index contributed by atoms with van der Waals surface area (Å²) in [5, 5.41) is 2.41. The van der Waals surface area contributed by atoms with Crippen molar-refractivity contribution in [2.75, 3.05) is 18.6 Å². The summed E-state index contributed by atoms with van der Waals surface area (Å²) in [4.78, 5) is 0.161. The largest absolute Gasteiger partial charge is 0.496 e. The Labute approximate surface area is 156 Å². The predicted molar refractivity (Wildman–Crippen MR) is 101 cm³/mol. The highest BCUT2D eigenvalue weighted by Crippen LogP contribution is 2.30. The molecule has 0 spiro atoms. The summed E-state index contributed by atoms with van der Waals surface area (Å²) < 4.78 is 56.0. The number of benzene rings is 1. The smallest absolute Gasteiger partial charge is 0.183 e. The van der Waals surface area contributed by atoms with Gasteiger partial charge < -0.3 is 10.1 Å². The van der Waals surface area contributed by atoms with Gasteiger partial charge in [-0.1, -0.05) is 19.3 Å². The molecule has 1 saturated heterocycles. The topological polar surface area (TPSA) is 89.5 Å². The minimum absolute atomic E-state index is 0.109. The van der Waals surface area contributed by atoms with E-state index in [2.05, 4.69) is 5.32 Å². The Hall–Kier alpha value is -1.12. The van der Waals surface area contributed by atoms with Gasteiger partial charge in [-0.15, -0.1) is 0 Å². The van der Waals surface area contributed by atoms with Crippen LogP contribution in [-0.4, -0.2) is 52.8 Å². The second-order valence-electron chi connectivity index (χ2n) is 7.40. The molecule has 0 unspecified atom stereocenters. The molecule has 6 nitrogen and oxygen atoms in total. The first-order valence-corrected chi connectivity index (χ1v) is 12.4. The maximum Gasteiger partial charge on any atom is 0.183 e. The van der Waals surface area contributed by atoms with Gasteiger partial charge in [0.25, 0.3) is 0 Å². The van der Waals surface area contributed by atoms with E-state index in [0.717, 1.165) is 25.7 Å². The van der Waals surface area contributed by atoms with Crippen LogP contribution in [0.2, 0.25) is 0 Å². The molecule has 2 fully saturated rings. The second-order valence-corrected chi connectivity index (χ2v) is 11.7. The van der Waals surface area contributed by atoms with E-state index >= 15 is 0 Å². The van der Waals surface area contributed by atoms with Crippen molar-refractivity contribution in [1.82, 2.24) is 5.32 Å². The number of ether oxygens (including phenoxy) is 1. The van der Waals surface area contributed by atoms with E-state index in [4.69, 9.17) is 4.74 Å². The summed E-state index contributed by atoms with van der Waals surface area (Å²) in [5.41, 5.74) is 0.714. The van der Waals surface area contributed by atoms with Gasteiger partial charge in [0.2, 0.25) is 0 Å². The van der Waals surface area contributed by atoms with E-state index in [0.29, 0.717) is 11.3 Å². The average molecular weight is 402 g/mol. The third-order valence-corrected chi connectivity index (χ3v) is 9.60. The molecular formula is C18H27NO5S2. The zero-order chi connectivity index (χ0) is 18.9. The summed E-state index contributed by atoms with van der Waals surface area (Å²) >= 11 is 0. The molecule has 2 atom stereocenters. The van der Waals surface area contributed by atoms with E-state index in [1.165, 1.54) is 19.6 Å². The number of hydrogen-bond donors (Lipinski definition) is 1. The fourth-order valence-corrected chi connectivity index (χ4v) is 8.81. The van der Waals surface area contributed by atoms with Gasteiger partial charge in [0.05, 0.1) is 28.8 Å². The number of methoxy groups -OCH3 is 1. The number of sulfone groups is 2. The van der Waals surface area contributed by atoms with Crippen molar-refractivity contribution in [3.63, 3.8) is 0 Å². The van der Waals surface area contributed by atoms with Crippen molar-refractivity contribution in [3.8, 4) is 5.75 Å². The Bertz CT molecular complexity index is 858. The molecule has 1 aromatic rings. The molecule has 1 aliphatic heterocycles. The van der Waals surface area contributed by atoms with Crippen LogP contribution in [0, 0.1) is 6.92 Å². The summed E-state index contributed by atoms with van der Waals surface area (Å²) in [5.74, 6) is 0.188. The Kier molecular flexibility index (Phi) is 5.65. The van der Waals surface area contributed by atoms with Gasteiger partial charge in [-0.05, 0) is 43.5 Å².